The van der Waals surface area contributed by atoms with Gasteiger partial charge < -0.3 is 5.32 Å². The lowest BCUT2D eigenvalue weighted by Gasteiger charge is -2.12. The average molecular weight is 267 g/mol. The number of aryl methyl sites for hydroxylation is 1. The number of nitrogens with one attached hydrogen (secondary N) is 1. The molecule has 1 N–H and O–H groups in total. The van der Waals surface area contributed by atoms with Gasteiger partial charge in [-0.25, -0.2) is 8.42 Å². The maximum absolute atomic E-state index is 12.1. The van der Waals surface area contributed by atoms with E-state index in [0.29, 0.717) is 17.5 Å². The zero-order chi connectivity index (χ0) is 13.2. The number of hydrogen-bond donors (Lipinski definition) is 1. The van der Waals surface area contributed by atoms with Gasteiger partial charge in [0.1, 0.15) is 0 Å². The molecule has 0 amide bonds. The Balaban J connectivity index is 1.88. The summed E-state index contributed by atoms with van der Waals surface area (Å²) in [5.74, 6) is 0.930. The molecule has 0 spiro atoms. The van der Waals surface area contributed by atoms with Crippen LogP contribution in [0, 0.1) is 12.8 Å². The average Bonchev–Trinajstić information content (AvgIpc) is 3.13. The van der Waals surface area contributed by atoms with E-state index >= 15 is 0 Å². The molecule has 0 aliphatic heterocycles. The third kappa shape index (κ3) is 3.56. The lowest BCUT2D eigenvalue weighted by Crippen LogP contribution is -2.32. The molecule has 1 saturated carbocycles. The van der Waals surface area contributed by atoms with Gasteiger partial charge in [0.25, 0.3) is 0 Å². The third-order valence-corrected chi connectivity index (χ3v) is 5.28. The van der Waals surface area contributed by atoms with Crippen molar-refractivity contribution >= 4 is 9.84 Å². The van der Waals surface area contributed by atoms with Crippen LogP contribution in [0.25, 0.3) is 0 Å². The molecule has 2 rings (SSSR count). The van der Waals surface area contributed by atoms with Crippen molar-refractivity contribution in [1.29, 1.82) is 0 Å². The predicted octanol–water partition coefficient (Wildman–Crippen LogP) is 2.16. The molecule has 1 fully saturated rings. The summed E-state index contributed by atoms with van der Waals surface area (Å²) in [5, 5.41) is 3.30. The standard InChI is InChI=1S/C14H21NO2S/c1-11-3-7-14(8-4-11)18(16,17)10-9-15-12(2)13-5-6-13/h3-4,7-8,12-13,15H,5-6,9-10H2,1-2H3. The maximum atomic E-state index is 12.1. The van der Waals surface area contributed by atoms with Crippen LogP contribution in [0.15, 0.2) is 29.2 Å². The van der Waals surface area contributed by atoms with E-state index in [9.17, 15) is 8.42 Å². The largest absolute Gasteiger partial charge is 0.313 e. The molecule has 1 unspecified atom stereocenters. The second-order valence-electron chi connectivity index (χ2n) is 5.21. The highest BCUT2D eigenvalue weighted by Crippen LogP contribution is 2.32. The van der Waals surface area contributed by atoms with Crippen LogP contribution >= 0.6 is 0 Å². The summed E-state index contributed by atoms with van der Waals surface area (Å²) in [6.07, 6.45) is 2.55. The second-order valence-corrected chi connectivity index (χ2v) is 7.32. The van der Waals surface area contributed by atoms with Crippen molar-refractivity contribution in [3.8, 4) is 0 Å². The Kier molecular flexibility index (Phi) is 4.07. The number of rotatable bonds is 6. The van der Waals surface area contributed by atoms with Crippen molar-refractivity contribution in [2.75, 3.05) is 12.3 Å². The molecule has 3 nitrogen and oxygen atoms in total. The van der Waals surface area contributed by atoms with Crippen molar-refractivity contribution in [3.63, 3.8) is 0 Å². The van der Waals surface area contributed by atoms with Gasteiger partial charge in [-0.1, -0.05) is 17.7 Å². The van der Waals surface area contributed by atoms with E-state index in [1.807, 2.05) is 19.1 Å². The van der Waals surface area contributed by atoms with Crippen molar-refractivity contribution in [1.82, 2.24) is 5.32 Å². The lowest BCUT2D eigenvalue weighted by atomic mass is 10.2. The minimum atomic E-state index is -3.14. The number of sulfone groups is 1. The van der Waals surface area contributed by atoms with E-state index in [0.717, 1.165) is 11.5 Å². The maximum Gasteiger partial charge on any atom is 0.179 e. The van der Waals surface area contributed by atoms with Crippen LogP contribution in [0.3, 0.4) is 0 Å². The van der Waals surface area contributed by atoms with E-state index in [1.54, 1.807) is 12.1 Å². The molecule has 0 bridgehead atoms. The molecule has 1 atom stereocenters. The summed E-state index contributed by atoms with van der Waals surface area (Å²) in [6.45, 7) is 4.62. The summed E-state index contributed by atoms with van der Waals surface area (Å²) < 4.78 is 24.1. The molecule has 4 heteroatoms. The van der Waals surface area contributed by atoms with Crippen LogP contribution in [0.5, 0.6) is 0 Å². The molecule has 18 heavy (non-hydrogen) atoms. The summed E-state index contributed by atoms with van der Waals surface area (Å²) in [5.41, 5.74) is 1.08. The van der Waals surface area contributed by atoms with Gasteiger partial charge in [-0.05, 0) is 44.7 Å². The Morgan fingerprint density at radius 2 is 1.89 bits per heavy atom. The van der Waals surface area contributed by atoms with Gasteiger partial charge in [-0.2, -0.15) is 0 Å². The van der Waals surface area contributed by atoms with E-state index in [-0.39, 0.29) is 5.75 Å². The smallest absolute Gasteiger partial charge is 0.179 e. The van der Waals surface area contributed by atoms with Gasteiger partial charge in [0.15, 0.2) is 9.84 Å². The van der Waals surface area contributed by atoms with Gasteiger partial charge >= 0.3 is 0 Å². The van der Waals surface area contributed by atoms with Crippen LogP contribution < -0.4 is 5.32 Å². The first kappa shape index (κ1) is 13.6. The zero-order valence-electron chi connectivity index (χ0n) is 11.0. The Hall–Kier alpha value is -0.870. The van der Waals surface area contributed by atoms with E-state index < -0.39 is 9.84 Å². The first-order valence-corrected chi connectivity index (χ1v) is 8.17. The highest BCUT2D eigenvalue weighted by Gasteiger charge is 2.27. The molecule has 1 aromatic rings. The molecular weight excluding hydrogens is 246 g/mol. The monoisotopic (exact) mass is 267 g/mol. The van der Waals surface area contributed by atoms with Gasteiger partial charge in [-0.15, -0.1) is 0 Å². The topological polar surface area (TPSA) is 46.2 Å². The van der Waals surface area contributed by atoms with Crippen LogP contribution in [-0.4, -0.2) is 26.8 Å². The van der Waals surface area contributed by atoms with E-state index in [4.69, 9.17) is 0 Å². The van der Waals surface area contributed by atoms with Gasteiger partial charge in [-0.3, -0.25) is 0 Å². The highest BCUT2D eigenvalue weighted by atomic mass is 32.2. The molecule has 0 heterocycles. The summed E-state index contributed by atoms with van der Waals surface area (Å²) in [7, 11) is -3.14. The normalized spacial score (nSPS) is 17.7. The predicted molar refractivity (Wildman–Crippen MR) is 73.4 cm³/mol. The first-order chi connectivity index (χ1) is 8.49. The summed E-state index contributed by atoms with van der Waals surface area (Å²) in [4.78, 5) is 0.425. The Bertz CT molecular complexity index is 489. The van der Waals surface area contributed by atoms with Crippen molar-refractivity contribution in [3.05, 3.63) is 29.8 Å². The quantitative estimate of drug-likeness (QED) is 0.859. The number of benzene rings is 1. The fourth-order valence-corrected chi connectivity index (χ4v) is 3.22. The molecule has 0 radical (unpaired) electrons. The number of hydrogen-bond acceptors (Lipinski definition) is 3. The zero-order valence-corrected chi connectivity index (χ0v) is 11.8. The minimum Gasteiger partial charge on any atom is -0.313 e. The molecule has 1 aromatic carbocycles. The Morgan fingerprint density at radius 3 is 2.44 bits per heavy atom. The van der Waals surface area contributed by atoms with Gasteiger partial charge in [0.05, 0.1) is 10.6 Å². The Morgan fingerprint density at radius 1 is 1.28 bits per heavy atom. The van der Waals surface area contributed by atoms with Crippen molar-refractivity contribution < 1.29 is 8.42 Å². The molecule has 1 aliphatic carbocycles. The summed E-state index contributed by atoms with van der Waals surface area (Å²) >= 11 is 0. The van der Waals surface area contributed by atoms with Crippen LogP contribution in [-0.2, 0) is 9.84 Å². The molecule has 0 aromatic heterocycles. The third-order valence-electron chi connectivity index (χ3n) is 3.55. The van der Waals surface area contributed by atoms with Gasteiger partial charge in [0.2, 0.25) is 0 Å². The van der Waals surface area contributed by atoms with E-state index in [2.05, 4.69) is 12.2 Å². The minimum absolute atomic E-state index is 0.174. The van der Waals surface area contributed by atoms with Crippen molar-refractivity contribution in [2.24, 2.45) is 5.92 Å². The second kappa shape index (κ2) is 5.41. The van der Waals surface area contributed by atoms with E-state index in [1.165, 1.54) is 12.8 Å². The summed E-state index contributed by atoms with van der Waals surface area (Å²) in [6, 6.07) is 7.50. The van der Waals surface area contributed by atoms with Crippen LogP contribution in [0.1, 0.15) is 25.3 Å². The highest BCUT2D eigenvalue weighted by molar-refractivity contribution is 7.91. The van der Waals surface area contributed by atoms with Gasteiger partial charge in [0, 0.05) is 12.6 Å². The first-order valence-electron chi connectivity index (χ1n) is 6.52. The van der Waals surface area contributed by atoms with Crippen LogP contribution in [0.4, 0.5) is 0 Å². The van der Waals surface area contributed by atoms with Crippen LogP contribution in [0.2, 0.25) is 0 Å². The fourth-order valence-electron chi connectivity index (χ4n) is 2.05. The SMILES string of the molecule is Cc1ccc(S(=O)(=O)CCNC(C)C2CC2)cc1. The van der Waals surface area contributed by atoms with Crippen molar-refractivity contribution in [2.45, 2.75) is 37.6 Å². The fraction of sp³-hybridized carbons (Fsp3) is 0.571. The Labute approximate surface area is 110 Å². The molecule has 100 valence electrons. The molecule has 1 aliphatic rings. The molecular formula is C14H21NO2S. The lowest BCUT2D eigenvalue weighted by molar-refractivity contribution is 0.509. The molecule has 0 saturated heterocycles.